The van der Waals surface area contributed by atoms with Crippen molar-refractivity contribution in [2.75, 3.05) is 59.4 Å². The fourth-order valence-corrected chi connectivity index (χ4v) is 7.62. The van der Waals surface area contributed by atoms with Crippen molar-refractivity contribution in [2.24, 2.45) is 11.8 Å². The summed E-state index contributed by atoms with van der Waals surface area (Å²) in [5.74, 6) is 0.634. The van der Waals surface area contributed by atoms with Gasteiger partial charge in [0, 0.05) is 70.4 Å². The Morgan fingerprint density at radius 2 is 1.74 bits per heavy atom. The third-order valence-electron chi connectivity index (χ3n) is 10.0. The topological polar surface area (TPSA) is 91.1 Å². The first-order valence-electron chi connectivity index (χ1n) is 15.3. The van der Waals surface area contributed by atoms with Crippen molar-refractivity contribution < 1.29 is 19.1 Å². The van der Waals surface area contributed by atoms with E-state index < -0.39 is 6.09 Å². The molecule has 1 aliphatic carbocycles. The molecule has 3 atom stereocenters. The number of nitrogens with zero attached hydrogens (tertiary/aromatic N) is 5. The number of benzene rings is 2. The average molecular weight is 574 g/mol. The van der Waals surface area contributed by atoms with Gasteiger partial charge in [0.1, 0.15) is 5.82 Å². The molecule has 6 rings (SSSR count). The molecule has 2 aromatic rings. The van der Waals surface area contributed by atoms with Crippen molar-refractivity contribution in [3.05, 3.63) is 70.0 Å². The summed E-state index contributed by atoms with van der Waals surface area (Å²) < 4.78 is 13.8. The van der Waals surface area contributed by atoms with Crippen LogP contribution in [0.1, 0.15) is 57.8 Å². The van der Waals surface area contributed by atoms with Gasteiger partial charge >= 0.3 is 6.09 Å². The van der Waals surface area contributed by atoms with Crippen molar-refractivity contribution in [3.8, 4) is 6.07 Å². The van der Waals surface area contributed by atoms with E-state index in [9.17, 15) is 24.3 Å². The van der Waals surface area contributed by atoms with Crippen LogP contribution in [0.5, 0.6) is 0 Å². The molecular weight excluding hydrogens is 533 g/mol. The van der Waals surface area contributed by atoms with Crippen molar-refractivity contribution >= 4 is 12.0 Å². The molecule has 3 saturated heterocycles. The maximum absolute atomic E-state index is 13.8. The van der Waals surface area contributed by atoms with E-state index in [0.717, 1.165) is 81.5 Å². The van der Waals surface area contributed by atoms with Gasteiger partial charge in [-0.1, -0.05) is 12.1 Å². The third kappa shape index (κ3) is 5.88. The number of halogens is 1. The molecule has 222 valence electrons. The number of fused-ring (bicyclic) bond motifs is 2. The van der Waals surface area contributed by atoms with Crippen LogP contribution in [0.3, 0.4) is 0 Å². The normalized spacial score (nSPS) is 23.1. The molecule has 4 aliphatic rings. The Kier molecular flexibility index (Phi) is 8.19. The number of rotatable bonds is 8. The van der Waals surface area contributed by atoms with E-state index in [2.05, 4.69) is 15.9 Å². The van der Waals surface area contributed by atoms with Crippen molar-refractivity contribution in [2.45, 2.75) is 44.1 Å². The highest BCUT2D eigenvalue weighted by Crippen LogP contribution is 2.34. The van der Waals surface area contributed by atoms with Crippen molar-refractivity contribution in [1.29, 1.82) is 5.26 Å². The highest BCUT2D eigenvalue weighted by molar-refractivity contribution is 5.96. The van der Waals surface area contributed by atoms with Crippen LogP contribution in [0.25, 0.3) is 0 Å². The lowest BCUT2D eigenvalue weighted by Crippen LogP contribution is -2.59. The number of hydrogen-bond donors (Lipinski definition) is 1. The minimum absolute atomic E-state index is 0.0533. The number of carbonyl (C=O) groups excluding carboxylic acids is 1. The quantitative estimate of drug-likeness (QED) is 0.513. The summed E-state index contributed by atoms with van der Waals surface area (Å²) in [4.78, 5) is 33.4. The molecule has 0 radical (unpaired) electrons. The molecule has 3 heterocycles. The van der Waals surface area contributed by atoms with Crippen LogP contribution in [0.2, 0.25) is 0 Å². The largest absolute Gasteiger partial charge is 0.465 e. The molecule has 3 aliphatic heterocycles. The number of hydrogen-bond acceptors (Lipinski definition) is 5. The SMILES string of the molecule is CN(C[C@@H](CCN1CC(N2CC3CN(C(=O)O)CC3C2)C1)c1ccc(F)cc1)C(=O)c1cc(C#N)cc2c1CCCC2. The zero-order chi connectivity index (χ0) is 29.4. The van der Waals surface area contributed by atoms with Gasteiger partial charge in [-0.15, -0.1) is 0 Å². The number of carbonyl (C=O) groups is 2. The highest BCUT2D eigenvalue weighted by atomic mass is 19.1. The van der Waals surface area contributed by atoms with E-state index in [1.54, 1.807) is 15.9 Å². The van der Waals surface area contributed by atoms with Crippen LogP contribution >= 0.6 is 0 Å². The van der Waals surface area contributed by atoms with Gasteiger partial charge in [0.15, 0.2) is 0 Å². The molecule has 9 heteroatoms. The van der Waals surface area contributed by atoms with E-state index in [4.69, 9.17) is 0 Å². The van der Waals surface area contributed by atoms with E-state index in [-0.39, 0.29) is 17.6 Å². The monoisotopic (exact) mass is 573 g/mol. The summed E-state index contributed by atoms with van der Waals surface area (Å²) in [6.45, 7) is 6.68. The smallest absolute Gasteiger partial charge is 0.407 e. The number of carboxylic acid groups (broad SMARTS) is 1. The van der Waals surface area contributed by atoms with Gasteiger partial charge in [0.2, 0.25) is 0 Å². The van der Waals surface area contributed by atoms with E-state index in [0.29, 0.717) is 48.6 Å². The minimum Gasteiger partial charge on any atom is -0.465 e. The number of aryl methyl sites for hydroxylation is 1. The average Bonchev–Trinajstić information content (AvgIpc) is 3.55. The van der Waals surface area contributed by atoms with Crippen LogP contribution in [0.4, 0.5) is 9.18 Å². The minimum atomic E-state index is -0.802. The first-order chi connectivity index (χ1) is 20.3. The molecule has 1 N–H and O–H groups in total. The summed E-state index contributed by atoms with van der Waals surface area (Å²) in [5, 5.41) is 18.9. The second-order valence-electron chi connectivity index (χ2n) is 12.8. The molecule has 3 fully saturated rings. The summed E-state index contributed by atoms with van der Waals surface area (Å²) >= 11 is 0. The molecule has 0 aromatic heterocycles. The predicted octanol–water partition coefficient (Wildman–Crippen LogP) is 4.05. The first-order valence-corrected chi connectivity index (χ1v) is 15.3. The van der Waals surface area contributed by atoms with Crippen LogP contribution in [-0.2, 0) is 12.8 Å². The molecule has 8 nitrogen and oxygen atoms in total. The number of amides is 2. The van der Waals surface area contributed by atoms with Crippen molar-refractivity contribution in [3.63, 3.8) is 0 Å². The number of likely N-dealkylation sites (tertiary alicyclic amines) is 3. The van der Waals surface area contributed by atoms with Crippen molar-refractivity contribution in [1.82, 2.24) is 19.6 Å². The summed E-state index contributed by atoms with van der Waals surface area (Å²) in [7, 11) is 1.84. The van der Waals surface area contributed by atoms with E-state index in [1.165, 1.54) is 12.1 Å². The molecule has 0 bridgehead atoms. The van der Waals surface area contributed by atoms with Gasteiger partial charge in [0.05, 0.1) is 11.6 Å². The Balaban J connectivity index is 1.07. The highest BCUT2D eigenvalue weighted by Gasteiger charge is 2.45. The van der Waals surface area contributed by atoms with Crippen LogP contribution in [-0.4, -0.2) is 102 Å². The van der Waals surface area contributed by atoms with Crippen LogP contribution < -0.4 is 0 Å². The zero-order valence-corrected chi connectivity index (χ0v) is 24.3. The molecule has 2 amide bonds. The Hall–Kier alpha value is -3.48. The van der Waals surface area contributed by atoms with Crippen LogP contribution in [0.15, 0.2) is 36.4 Å². The van der Waals surface area contributed by atoms with Gasteiger partial charge < -0.3 is 19.8 Å². The number of likely N-dealkylation sites (N-methyl/N-ethyl adjacent to an activating group) is 1. The van der Waals surface area contributed by atoms with Gasteiger partial charge in [-0.2, -0.15) is 5.26 Å². The first kappa shape index (κ1) is 28.6. The van der Waals surface area contributed by atoms with Gasteiger partial charge in [0.25, 0.3) is 5.91 Å². The van der Waals surface area contributed by atoms with Gasteiger partial charge in [-0.3, -0.25) is 9.69 Å². The molecular formula is C33H40FN5O3. The summed E-state index contributed by atoms with van der Waals surface area (Å²) in [5.41, 5.74) is 4.42. The van der Waals surface area contributed by atoms with E-state index in [1.807, 2.05) is 25.2 Å². The molecule has 0 spiro atoms. The standard InChI is InChI=1S/C33H40FN5O3/c1-36(32(40)31-13-22(14-35)12-24-4-2-3-5-30(24)31)15-25(23-6-8-28(34)9-7-23)10-11-37-20-29(21-37)38-16-26-18-39(33(41)42)19-27(26)17-38/h6-9,12-13,25-27,29H,2-5,10-11,15-21H2,1H3,(H,41,42)/t25-,26?,27?/m1/s1. The van der Waals surface area contributed by atoms with Gasteiger partial charge in [-0.05, 0) is 91.4 Å². The fourth-order valence-electron chi connectivity index (χ4n) is 7.62. The lowest BCUT2D eigenvalue weighted by Gasteiger charge is -2.45. The van der Waals surface area contributed by atoms with E-state index >= 15 is 0 Å². The maximum Gasteiger partial charge on any atom is 0.407 e. The zero-order valence-electron chi connectivity index (χ0n) is 24.3. The Morgan fingerprint density at radius 3 is 2.40 bits per heavy atom. The van der Waals surface area contributed by atoms with Gasteiger partial charge in [-0.25, -0.2) is 9.18 Å². The molecule has 2 aromatic carbocycles. The summed E-state index contributed by atoms with van der Waals surface area (Å²) in [6.07, 6.45) is 3.96. The second kappa shape index (κ2) is 12.0. The lowest BCUT2D eigenvalue weighted by molar-refractivity contribution is 0.0387. The fraction of sp³-hybridized carbons (Fsp3) is 0.545. The second-order valence-corrected chi connectivity index (χ2v) is 12.8. The predicted molar refractivity (Wildman–Crippen MR) is 157 cm³/mol. The number of nitriles is 1. The Morgan fingerprint density at radius 1 is 1.05 bits per heavy atom. The lowest BCUT2D eigenvalue weighted by atomic mass is 9.86. The molecule has 42 heavy (non-hydrogen) atoms. The summed E-state index contributed by atoms with van der Waals surface area (Å²) in [6, 6.07) is 13.1. The Bertz CT molecular complexity index is 1350. The molecule has 2 unspecified atom stereocenters. The molecule has 0 saturated carbocycles. The third-order valence-corrected chi connectivity index (χ3v) is 10.0. The Labute approximate surface area is 247 Å². The maximum atomic E-state index is 13.8. The van der Waals surface area contributed by atoms with Crippen LogP contribution in [0, 0.1) is 29.0 Å².